The predicted molar refractivity (Wildman–Crippen MR) is 86.5 cm³/mol. The van der Waals surface area contributed by atoms with E-state index in [0.29, 0.717) is 0 Å². The highest BCUT2D eigenvalue weighted by atomic mass is 32.2. The average Bonchev–Trinajstić information content (AvgIpc) is 2.99. The lowest BCUT2D eigenvalue weighted by molar-refractivity contribution is -0.123. The van der Waals surface area contributed by atoms with Crippen LogP contribution in [0.15, 0.2) is 35.6 Å². The fourth-order valence-corrected chi connectivity index (χ4v) is 3.11. The maximum atomic E-state index is 12.2. The first kappa shape index (κ1) is 14.2. The number of thioether (sulfide) groups is 1. The van der Waals surface area contributed by atoms with Crippen LogP contribution in [-0.4, -0.2) is 21.2 Å². The Balaban J connectivity index is 1.94. The first-order valence-electron chi connectivity index (χ1n) is 7.06. The Kier molecular flexibility index (Phi) is 3.53. The Morgan fingerprint density at radius 3 is 2.81 bits per heavy atom. The maximum Gasteiger partial charge on any atom is 0.229 e. The predicted octanol–water partition coefficient (Wildman–Crippen LogP) is 3.64. The van der Waals surface area contributed by atoms with E-state index in [-0.39, 0.29) is 5.91 Å². The SMILES string of the molecule is CC(C)(C)C(=O)Nc1ccccc1-c1cn2c(n1)SCC2. The summed E-state index contributed by atoms with van der Waals surface area (Å²) in [6.45, 7) is 6.73. The van der Waals surface area contributed by atoms with E-state index < -0.39 is 5.41 Å². The zero-order valence-corrected chi connectivity index (χ0v) is 13.3. The van der Waals surface area contributed by atoms with Crippen LogP contribution in [0.2, 0.25) is 0 Å². The normalized spacial score (nSPS) is 14.0. The van der Waals surface area contributed by atoms with Crippen molar-refractivity contribution in [3.63, 3.8) is 0 Å². The number of amides is 1. The molecule has 2 aromatic rings. The van der Waals surface area contributed by atoms with Gasteiger partial charge in [-0.1, -0.05) is 50.7 Å². The quantitative estimate of drug-likeness (QED) is 0.921. The van der Waals surface area contributed by atoms with Gasteiger partial charge in [-0.05, 0) is 6.07 Å². The number of imidazole rings is 1. The number of para-hydroxylation sites is 1. The topological polar surface area (TPSA) is 46.9 Å². The van der Waals surface area contributed by atoms with Gasteiger partial charge in [0.1, 0.15) is 0 Å². The van der Waals surface area contributed by atoms with Crippen molar-refractivity contribution < 1.29 is 4.79 Å². The number of hydrogen-bond donors (Lipinski definition) is 1. The van der Waals surface area contributed by atoms with Gasteiger partial charge in [-0.15, -0.1) is 0 Å². The van der Waals surface area contributed by atoms with Crippen LogP contribution in [0, 0.1) is 5.41 Å². The molecule has 0 atom stereocenters. The lowest BCUT2D eigenvalue weighted by Crippen LogP contribution is -2.27. The molecule has 0 aliphatic carbocycles. The van der Waals surface area contributed by atoms with Gasteiger partial charge in [0.2, 0.25) is 5.91 Å². The number of hydrogen-bond acceptors (Lipinski definition) is 3. The minimum absolute atomic E-state index is 0.0103. The third kappa shape index (κ3) is 2.83. The Bertz CT molecular complexity index is 664. The van der Waals surface area contributed by atoms with Crippen LogP contribution < -0.4 is 5.32 Å². The van der Waals surface area contributed by atoms with Gasteiger partial charge in [0.05, 0.1) is 11.4 Å². The van der Waals surface area contributed by atoms with E-state index in [4.69, 9.17) is 0 Å². The number of carbonyl (C=O) groups excluding carboxylic acids is 1. The summed E-state index contributed by atoms with van der Waals surface area (Å²) in [5, 5.41) is 4.08. The third-order valence-corrected chi connectivity index (χ3v) is 4.41. The van der Waals surface area contributed by atoms with E-state index >= 15 is 0 Å². The van der Waals surface area contributed by atoms with Gasteiger partial charge in [0.15, 0.2) is 5.16 Å². The van der Waals surface area contributed by atoms with E-state index in [2.05, 4.69) is 21.1 Å². The molecule has 0 spiro atoms. The Morgan fingerprint density at radius 1 is 1.33 bits per heavy atom. The molecule has 1 aliphatic heterocycles. The summed E-state index contributed by atoms with van der Waals surface area (Å²) in [7, 11) is 0. The van der Waals surface area contributed by atoms with Gasteiger partial charge in [0.25, 0.3) is 0 Å². The first-order valence-corrected chi connectivity index (χ1v) is 8.04. The first-order chi connectivity index (χ1) is 9.95. The highest BCUT2D eigenvalue weighted by molar-refractivity contribution is 7.99. The highest BCUT2D eigenvalue weighted by Gasteiger charge is 2.23. The van der Waals surface area contributed by atoms with E-state index in [1.807, 2.05) is 45.0 Å². The standard InChI is InChI=1S/C16H19N3OS/c1-16(2,3)14(20)17-12-7-5-4-6-11(12)13-10-19-8-9-21-15(19)18-13/h4-7,10H,8-9H2,1-3H3,(H,17,20). The molecule has 1 aliphatic rings. The summed E-state index contributed by atoms with van der Waals surface area (Å²) >= 11 is 1.77. The molecule has 1 amide bonds. The van der Waals surface area contributed by atoms with Crippen molar-refractivity contribution in [1.29, 1.82) is 0 Å². The van der Waals surface area contributed by atoms with E-state index in [0.717, 1.165) is 34.4 Å². The number of benzene rings is 1. The van der Waals surface area contributed by atoms with Gasteiger partial charge in [-0.3, -0.25) is 4.79 Å². The van der Waals surface area contributed by atoms with E-state index in [9.17, 15) is 4.79 Å². The third-order valence-electron chi connectivity index (χ3n) is 3.44. The molecular weight excluding hydrogens is 282 g/mol. The van der Waals surface area contributed by atoms with Gasteiger partial charge in [-0.25, -0.2) is 4.98 Å². The molecular formula is C16H19N3OS. The molecule has 1 aromatic carbocycles. The Labute approximate surface area is 129 Å². The minimum atomic E-state index is -0.418. The lowest BCUT2D eigenvalue weighted by Gasteiger charge is -2.19. The highest BCUT2D eigenvalue weighted by Crippen LogP contribution is 2.33. The van der Waals surface area contributed by atoms with Crippen molar-refractivity contribution in [2.45, 2.75) is 32.5 Å². The Morgan fingerprint density at radius 2 is 2.10 bits per heavy atom. The van der Waals surface area contributed by atoms with Crippen LogP contribution in [0.25, 0.3) is 11.3 Å². The van der Waals surface area contributed by atoms with Crippen LogP contribution in [0.4, 0.5) is 5.69 Å². The molecule has 110 valence electrons. The summed E-state index contributed by atoms with van der Waals surface area (Å²) in [5.74, 6) is 1.10. The summed E-state index contributed by atoms with van der Waals surface area (Å²) in [4.78, 5) is 16.9. The maximum absolute atomic E-state index is 12.2. The number of rotatable bonds is 2. The van der Waals surface area contributed by atoms with Gasteiger partial charge in [0, 0.05) is 29.5 Å². The van der Waals surface area contributed by atoms with Crippen molar-refractivity contribution in [3.05, 3.63) is 30.5 Å². The smallest absolute Gasteiger partial charge is 0.229 e. The molecule has 0 fully saturated rings. The molecule has 5 heteroatoms. The second-order valence-electron chi connectivity index (χ2n) is 6.20. The van der Waals surface area contributed by atoms with Crippen LogP contribution >= 0.6 is 11.8 Å². The van der Waals surface area contributed by atoms with E-state index in [1.165, 1.54) is 0 Å². The van der Waals surface area contributed by atoms with E-state index in [1.54, 1.807) is 11.8 Å². The molecule has 0 bridgehead atoms. The second kappa shape index (κ2) is 5.22. The fraction of sp³-hybridized carbons (Fsp3) is 0.375. The second-order valence-corrected chi connectivity index (χ2v) is 7.26. The molecule has 4 nitrogen and oxygen atoms in total. The number of nitrogens with one attached hydrogen (secondary N) is 1. The number of anilines is 1. The van der Waals surface area contributed by atoms with Crippen LogP contribution in [-0.2, 0) is 11.3 Å². The van der Waals surface area contributed by atoms with Gasteiger partial charge < -0.3 is 9.88 Å². The lowest BCUT2D eigenvalue weighted by atomic mass is 9.95. The summed E-state index contributed by atoms with van der Waals surface area (Å²) < 4.78 is 2.17. The minimum Gasteiger partial charge on any atom is -0.325 e. The van der Waals surface area contributed by atoms with Crippen LogP contribution in [0.5, 0.6) is 0 Å². The molecule has 21 heavy (non-hydrogen) atoms. The molecule has 0 unspecified atom stereocenters. The zero-order chi connectivity index (χ0) is 15.0. The van der Waals surface area contributed by atoms with Crippen LogP contribution in [0.3, 0.4) is 0 Å². The molecule has 3 rings (SSSR count). The van der Waals surface area contributed by atoms with Crippen molar-refractivity contribution in [3.8, 4) is 11.3 Å². The average molecular weight is 301 g/mol. The summed E-state index contributed by atoms with van der Waals surface area (Å²) in [6.07, 6.45) is 2.07. The number of fused-ring (bicyclic) bond motifs is 1. The number of carbonyl (C=O) groups is 1. The largest absolute Gasteiger partial charge is 0.325 e. The van der Waals surface area contributed by atoms with Crippen molar-refractivity contribution in [1.82, 2.24) is 9.55 Å². The number of nitrogens with zero attached hydrogens (tertiary/aromatic N) is 2. The van der Waals surface area contributed by atoms with Crippen molar-refractivity contribution in [2.24, 2.45) is 5.41 Å². The van der Waals surface area contributed by atoms with Crippen molar-refractivity contribution in [2.75, 3.05) is 11.1 Å². The molecule has 2 heterocycles. The zero-order valence-electron chi connectivity index (χ0n) is 12.5. The summed E-state index contributed by atoms with van der Waals surface area (Å²) in [5.41, 5.74) is 2.29. The summed E-state index contributed by atoms with van der Waals surface area (Å²) in [6, 6.07) is 7.83. The van der Waals surface area contributed by atoms with Crippen LogP contribution in [0.1, 0.15) is 20.8 Å². The molecule has 1 aromatic heterocycles. The fourth-order valence-electron chi connectivity index (χ4n) is 2.16. The van der Waals surface area contributed by atoms with Gasteiger partial charge in [-0.2, -0.15) is 0 Å². The monoisotopic (exact) mass is 301 g/mol. The molecule has 0 radical (unpaired) electrons. The molecule has 1 N–H and O–H groups in total. The Hall–Kier alpha value is -1.75. The van der Waals surface area contributed by atoms with Crippen molar-refractivity contribution >= 4 is 23.4 Å². The molecule has 0 saturated heterocycles. The number of aryl methyl sites for hydroxylation is 1. The number of aromatic nitrogens is 2. The molecule has 0 saturated carbocycles. The van der Waals surface area contributed by atoms with Gasteiger partial charge >= 0.3 is 0 Å².